The number of amides is 3. The molecule has 28 heavy (non-hydrogen) atoms. The predicted octanol–water partition coefficient (Wildman–Crippen LogP) is 2.13. The molecule has 2 N–H and O–H groups in total. The first-order chi connectivity index (χ1) is 13.6. The van der Waals surface area contributed by atoms with Crippen molar-refractivity contribution in [1.82, 2.24) is 10.3 Å². The van der Waals surface area contributed by atoms with Gasteiger partial charge in [-0.25, -0.2) is 4.98 Å². The quantitative estimate of drug-likeness (QED) is 0.825. The third-order valence-corrected chi connectivity index (χ3v) is 5.97. The van der Waals surface area contributed by atoms with Gasteiger partial charge in [0.15, 0.2) is 5.13 Å². The van der Waals surface area contributed by atoms with Gasteiger partial charge in [-0.05, 0) is 30.9 Å². The van der Waals surface area contributed by atoms with Crippen LogP contribution in [0.25, 0.3) is 0 Å². The fourth-order valence-electron chi connectivity index (χ4n) is 3.65. The Morgan fingerprint density at radius 1 is 1.29 bits per heavy atom. The van der Waals surface area contributed by atoms with Crippen LogP contribution in [0.1, 0.15) is 30.5 Å². The van der Waals surface area contributed by atoms with Gasteiger partial charge in [-0.15, -0.1) is 11.3 Å². The second-order valence-corrected chi connectivity index (χ2v) is 7.99. The highest BCUT2D eigenvalue weighted by molar-refractivity contribution is 7.13. The van der Waals surface area contributed by atoms with E-state index in [1.807, 2.05) is 28.5 Å². The summed E-state index contributed by atoms with van der Waals surface area (Å²) in [5.41, 5.74) is 2.85. The fraction of sp³-hybridized carbons (Fsp3) is 0.400. The smallest absolute Gasteiger partial charge is 0.233 e. The van der Waals surface area contributed by atoms with Crippen molar-refractivity contribution in [1.29, 1.82) is 0 Å². The summed E-state index contributed by atoms with van der Waals surface area (Å²) in [5.74, 6) is -0.377. The molecule has 1 unspecified atom stereocenters. The molecule has 4 rings (SSSR count). The van der Waals surface area contributed by atoms with Gasteiger partial charge in [-0.1, -0.05) is 18.2 Å². The van der Waals surface area contributed by atoms with Crippen LogP contribution >= 0.6 is 11.3 Å². The monoisotopic (exact) mass is 398 g/mol. The molecule has 1 atom stereocenters. The van der Waals surface area contributed by atoms with E-state index in [1.54, 1.807) is 0 Å². The number of hydrogen-bond donors (Lipinski definition) is 2. The van der Waals surface area contributed by atoms with Crippen LogP contribution < -0.4 is 15.5 Å². The van der Waals surface area contributed by atoms with E-state index in [2.05, 4.69) is 21.7 Å². The first-order valence-corrected chi connectivity index (χ1v) is 10.4. The first-order valence-electron chi connectivity index (χ1n) is 9.50. The maximum absolute atomic E-state index is 12.8. The molecule has 2 aromatic rings. The topological polar surface area (TPSA) is 91.4 Å². The standard InChI is InChI=1S/C20H22N4O3S/c25-17-8-7-14(11-21-17)19(27)23-20-22-15(12-28-20)10-18(26)24-9-3-5-13-4-1-2-6-16(13)24/h1-2,4,6,12,14H,3,5,7-11H2,(H,21,25)(H,22,23,27). The van der Waals surface area contributed by atoms with Gasteiger partial charge >= 0.3 is 0 Å². The minimum absolute atomic E-state index is 0.0154. The molecule has 2 aliphatic heterocycles. The van der Waals surface area contributed by atoms with Crippen LogP contribution in [-0.4, -0.2) is 35.8 Å². The van der Waals surface area contributed by atoms with E-state index >= 15 is 0 Å². The normalized spacial score (nSPS) is 18.9. The Kier molecular flexibility index (Phi) is 5.38. The summed E-state index contributed by atoms with van der Waals surface area (Å²) in [4.78, 5) is 42.6. The van der Waals surface area contributed by atoms with Crippen molar-refractivity contribution < 1.29 is 14.4 Å². The summed E-state index contributed by atoms with van der Waals surface area (Å²) in [6.45, 7) is 1.08. The zero-order valence-corrected chi connectivity index (χ0v) is 16.3. The van der Waals surface area contributed by atoms with Crippen molar-refractivity contribution in [3.05, 3.63) is 40.9 Å². The van der Waals surface area contributed by atoms with E-state index in [4.69, 9.17) is 0 Å². The number of para-hydroxylation sites is 1. The second-order valence-electron chi connectivity index (χ2n) is 7.13. The van der Waals surface area contributed by atoms with Gasteiger partial charge < -0.3 is 15.5 Å². The minimum Gasteiger partial charge on any atom is -0.355 e. The van der Waals surface area contributed by atoms with Gasteiger partial charge in [0.25, 0.3) is 0 Å². The van der Waals surface area contributed by atoms with Gasteiger partial charge in [0, 0.05) is 30.6 Å². The fourth-order valence-corrected chi connectivity index (χ4v) is 4.37. The number of rotatable bonds is 4. The highest BCUT2D eigenvalue weighted by atomic mass is 32.1. The van der Waals surface area contributed by atoms with Crippen molar-refractivity contribution in [2.24, 2.45) is 5.92 Å². The van der Waals surface area contributed by atoms with Crippen LogP contribution in [0.3, 0.4) is 0 Å². The van der Waals surface area contributed by atoms with Gasteiger partial charge in [0.05, 0.1) is 18.0 Å². The van der Waals surface area contributed by atoms with Crippen molar-refractivity contribution in [3.63, 3.8) is 0 Å². The summed E-state index contributed by atoms with van der Waals surface area (Å²) >= 11 is 1.32. The number of hydrogen-bond acceptors (Lipinski definition) is 5. The number of thiazole rings is 1. The maximum atomic E-state index is 12.8. The molecule has 7 nitrogen and oxygen atoms in total. The lowest BCUT2D eigenvalue weighted by atomic mass is 9.98. The lowest BCUT2D eigenvalue weighted by Gasteiger charge is -2.29. The van der Waals surface area contributed by atoms with E-state index in [0.29, 0.717) is 30.2 Å². The van der Waals surface area contributed by atoms with Gasteiger partial charge in [0.2, 0.25) is 17.7 Å². The zero-order chi connectivity index (χ0) is 19.5. The maximum Gasteiger partial charge on any atom is 0.233 e. The minimum atomic E-state index is -0.239. The second kappa shape index (κ2) is 8.10. The Morgan fingerprint density at radius 3 is 2.96 bits per heavy atom. The molecule has 0 saturated carbocycles. The number of benzene rings is 1. The van der Waals surface area contributed by atoms with Crippen LogP contribution in [0.15, 0.2) is 29.6 Å². The van der Waals surface area contributed by atoms with Gasteiger partial charge in [-0.2, -0.15) is 0 Å². The summed E-state index contributed by atoms with van der Waals surface area (Å²) in [5, 5.41) is 7.82. The summed E-state index contributed by atoms with van der Waals surface area (Å²) < 4.78 is 0. The molecule has 0 radical (unpaired) electrons. The number of carbonyl (C=O) groups is 3. The first kappa shape index (κ1) is 18.6. The average molecular weight is 398 g/mol. The molecule has 2 aliphatic rings. The summed E-state index contributed by atoms with van der Waals surface area (Å²) in [6.07, 6.45) is 3.07. The lowest BCUT2D eigenvalue weighted by Crippen LogP contribution is -2.40. The van der Waals surface area contributed by atoms with Crippen LogP contribution in [0.4, 0.5) is 10.8 Å². The van der Waals surface area contributed by atoms with Crippen molar-refractivity contribution in [2.45, 2.75) is 32.1 Å². The van der Waals surface area contributed by atoms with E-state index in [-0.39, 0.29) is 30.1 Å². The predicted molar refractivity (Wildman–Crippen MR) is 107 cm³/mol. The zero-order valence-electron chi connectivity index (χ0n) is 15.4. The van der Waals surface area contributed by atoms with Crippen LogP contribution in [0, 0.1) is 5.92 Å². The number of piperidine rings is 1. The molecule has 0 spiro atoms. The largest absolute Gasteiger partial charge is 0.355 e. The van der Waals surface area contributed by atoms with E-state index < -0.39 is 0 Å². The third kappa shape index (κ3) is 4.06. The van der Waals surface area contributed by atoms with Crippen molar-refractivity contribution >= 4 is 39.9 Å². The summed E-state index contributed by atoms with van der Waals surface area (Å²) in [7, 11) is 0. The van der Waals surface area contributed by atoms with Gasteiger partial charge in [0.1, 0.15) is 0 Å². The number of carbonyl (C=O) groups excluding carboxylic acids is 3. The Balaban J connectivity index is 1.37. The third-order valence-electron chi connectivity index (χ3n) is 5.16. The molecule has 1 saturated heterocycles. The molecule has 0 bridgehead atoms. The number of fused-ring (bicyclic) bond motifs is 1. The number of anilines is 2. The van der Waals surface area contributed by atoms with Gasteiger partial charge in [-0.3, -0.25) is 14.4 Å². The number of nitrogens with zero attached hydrogens (tertiary/aromatic N) is 2. The number of nitrogens with one attached hydrogen (secondary N) is 2. The van der Waals surface area contributed by atoms with E-state index in [9.17, 15) is 14.4 Å². The van der Waals surface area contributed by atoms with E-state index in [1.165, 1.54) is 16.9 Å². The van der Waals surface area contributed by atoms with Crippen LogP contribution in [0.2, 0.25) is 0 Å². The number of aromatic nitrogens is 1. The van der Waals surface area contributed by atoms with E-state index in [0.717, 1.165) is 25.1 Å². The molecule has 146 valence electrons. The average Bonchev–Trinajstić information content (AvgIpc) is 3.14. The molecule has 0 aliphatic carbocycles. The Morgan fingerprint density at radius 2 is 2.14 bits per heavy atom. The van der Waals surface area contributed by atoms with Crippen molar-refractivity contribution in [3.8, 4) is 0 Å². The Labute approximate surface area is 167 Å². The number of aryl methyl sites for hydroxylation is 1. The molecule has 8 heteroatoms. The van der Waals surface area contributed by atoms with Crippen LogP contribution in [0.5, 0.6) is 0 Å². The molecular formula is C20H22N4O3S. The SMILES string of the molecule is O=C1CCC(C(=O)Nc2nc(CC(=O)N3CCCc4ccccc43)cs2)CN1. The van der Waals surface area contributed by atoms with Crippen molar-refractivity contribution in [2.75, 3.05) is 23.3 Å². The molecule has 1 aromatic carbocycles. The molecule has 1 fully saturated rings. The summed E-state index contributed by atoms with van der Waals surface area (Å²) in [6, 6.07) is 8.01. The van der Waals surface area contributed by atoms with Crippen LogP contribution in [-0.2, 0) is 27.2 Å². The molecular weight excluding hydrogens is 376 g/mol. The molecule has 3 amide bonds. The highest BCUT2D eigenvalue weighted by Crippen LogP contribution is 2.27. The molecule has 3 heterocycles. The Bertz CT molecular complexity index is 900. The highest BCUT2D eigenvalue weighted by Gasteiger charge is 2.26. The Hall–Kier alpha value is -2.74. The lowest BCUT2D eigenvalue weighted by molar-refractivity contribution is -0.126. The molecule has 1 aromatic heterocycles.